The van der Waals surface area contributed by atoms with E-state index in [-0.39, 0.29) is 5.91 Å². The zero-order valence-electron chi connectivity index (χ0n) is 10.7. The Morgan fingerprint density at radius 1 is 1.53 bits per heavy atom. The van der Waals surface area contributed by atoms with Crippen LogP contribution in [-0.2, 0) is 4.79 Å². The number of unbranched alkanes of at least 4 members (excludes halogenated alkanes) is 1. The Bertz CT molecular complexity index is 570. The third-order valence-corrected chi connectivity index (χ3v) is 4.17. The molecule has 0 spiro atoms. The maximum absolute atomic E-state index is 11.6. The van der Waals surface area contributed by atoms with Crippen molar-refractivity contribution in [2.24, 2.45) is 0 Å². The highest BCUT2D eigenvalue weighted by Crippen LogP contribution is 2.25. The number of nitrogen functional groups attached to an aromatic ring is 1. The predicted molar refractivity (Wildman–Crippen MR) is 80.5 cm³/mol. The molecule has 0 saturated heterocycles. The van der Waals surface area contributed by atoms with E-state index in [2.05, 4.69) is 22.2 Å². The summed E-state index contributed by atoms with van der Waals surface area (Å²) in [5, 5.41) is 6.22. The van der Waals surface area contributed by atoms with E-state index >= 15 is 0 Å². The Labute approximate surface area is 120 Å². The number of fused-ring (bicyclic) bond motifs is 1. The minimum absolute atomic E-state index is 0.00639. The van der Waals surface area contributed by atoms with E-state index in [1.54, 1.807) is 0 Å². The number of hydrogen-bond donors (Lipinski definition) is 2. The lowest BCUT2D eigenvalue weighted by molar-refractivity contribution is -0.118. The van der Waals surface area contributed by atoms with Gasteiger partial charge in [-0.2, -0.15) is 0 Å². The van der Waals surface area contributed by atoms with Crippen LogP contribution in [0.5, 0.6) is 0 Å². The Morgan fingerprint density at radius 2 is 2.37 bits per heavy atom. The Balaban J connectivity index is 1.92. The summed E-state index contributed by atoms with van der Waals surface area (Å²) in [6.45, 7) is 2.82. The molecule has 7 heteroatoms. The monoisotopic (exact) mass is 296 g/mol. The second kappa shape index (κ2) is 6.72. The van der Waals surface area contributed by atoms with E-state index < -0.39 is 0 Å². The molecule has 5 nitrogen and oxygen atoms in total. The average Bonchev–Trinajstić information content (AvgIpc) is 2.85. The number of nitrogens with zero attached hydrogens (tertiary/aromatic N) is 2. The highest BCUT2D eigenvalue weighted by molar-refractivity contribution is 7.99. The van der Waals surface area contributed by atoms with Crippen LogP contribution in [0.1, 0.15) is 19.8 Å². The lowest BCUT2D eigenvalue weighted by Crippen LogP contribution is -2.26. The van der Waals surface area contributed by atoms with Gasteiger partial charge in [0.25, 0.3) is 0 Å². The number of hydrogen-bond acceptors (Lipinski definition) is 6. The molecular formula is C12H16N4OS2. The molecule has 0 fully saturated rings. The van der Waals surface area contributed by atoms with Gasteiger partial charge in [0.1, 0.15) is 10.6 Å². The fourth-order valence-corrected chi connectivity index (χ4v) is 3.02. The summed E-state index contributed by atoms with van der Waals surface area (Å²) < 4.78 is 0. The van der Waals surface area contributed by atoms with Crippen molar-refractivity contribution >= 4 is 45.0 Å². The Kier molecular flexibility index (Phi) is 4.98. The van der Waals surface area contributed by atoms with Gasteiger partial charge in [-0.05, 0) is 17.9 Å². The molecule has 2 rings (SSSR count). The second-order valence-corrected chi connectivity index (χ2v) is 5.86. The number of nitrogens with one attached hydrogen (secondary N) is 1. The van der Waals surface area contributed by atoms with Crippen LogP contribution >= 0.6 is 23.1 Å². The smallest absolute Gasteiger partial charge is 0.230 e. The van der Waals surface area contributed by atoms with Crippen molar-refractivity contribution < 1.29 is 4.79 Å². The van der Waals surface area contributed by atoms with E-state index in [9.17, 15) is 4.79 Å². The third-order valence-electron chi connectivity index (χ3n) is 2.52. The van der Waals surface area contributed by atoms with Crippen molar-refractivity contribution in [3.05, 3.63) is 11.4 Å². The summed E-state index contributed by atoms with van der Waals surface area (Å²) in [5.41, 5.74) is 5.85. The van der Waals surface area contributed by atoms with Crippen LogP contribution in [0.15, 0.2) is 16.6 Å². The van der Waals surface area contributed by atoms with Crippen molar-refractivity contribution in [2.75, 3.05) is 18.0 Å². The first-order valence-corrected chi connectivity index (χ1v) is 7.97. The minimum Gasteiger partial charge on any atom is -0.383 e. The number of thioether (sulfide) groups is 1. The van der Waals surface area contributed by atoms with Gasteiger partial charge >= 0.3 is 0 Å². The maximum atomic E-state index is 11.6. The van der Waals surface area contributed by atoms with Gasteiger partial charge in [0, 0.05) is 6.54 Å². The first-order chi connectivity index (χ1) is 9.20. The summed E-state index contributed by atoms with van der Waals surface area (Å²) >= 11 is 2.83. The fraction of sp³-hybridized carbons (Fsp3) is 0.417. The molecule has 0 radical (unpaired) electrons. The summed E-state index contributed by atoms with van der Waals surface area (Å²) in [6, 6.07) is 1.90. The van der Waals surface area contributed by atoms with Crippen molar-refractivity contribution in [3.8, 4) is 0 Å². The Hall–Kier alpha value is -1.34. The molecule has 2 aromatic heterocycles. The van der Waals surface area contributed by atoms with E-state index in [0.717, 1.165) is 29.6 Å². The van der Waals surface area contributed by atoms with Crippen LogP contribution in [0, 0.1) is 0 Å². The molecular weight excluding hydrogens is 280 g/mol. The van der Waals surface area contributed by atoms with Crippen LogP contribution in [0.4, 0.5) is 5.82 Å². The largest absolute Gasteiger partial charge is 0.383 e. The number of anilines is 1. The van der Waals surface area contributed by atoms with Crippen molar-refractivity contribution in [3.63, 3.8) is 0 Å². The first-order valence-electron chi connectivity index (χ1n) is 6.11. The zero-order valence-corrected chi connectivity index (χ0v) is 12.3. The molecule has 2 aromatic rings. The van der Waals surface area contributed by atoms with Crippen LogP contribution in [-0.4, -0.2) is 28.2 Å². The number of carbonyl (C=O) groups is 1. The molecule has 0 bridgehead atoms. The number of thiophene rings is 1. The molecule has 0 aliphatic rings. The molecule has 3 N–H and O–H groups in total. The molecule has 0 aliphatic heterocycles. The average molecular weight is 296 g/mol. The Morgan fingerprint density at radius 3 is 3.16 bits per heavy atom. The zero-order chi connectivity index (χ0) is 13.7. The normalized spacial score (nSPS) is 10.8. The molecule has 19 heavy (non-hydrogen) atoms. The number of aromatic nitrogens is 2. The maximum Gasteiger partial charge on any atom is 0.230 e. The summed E-state index contributed by atoms with van der Waals surface area (Å²) in [5.74, 6) is 0.798. The lowest BCUT2D eigenvalue weighted by atomic mass is 10.3. The van der Waals surface area contributed by atoms with Crippen LogP contribution < -0.4 is 11.1 Å². The van der Waals surface area contributed by atoms with Gasteiger partial charge in [-0.1, -0.05) is 25.1 Å². The van der Waals surface area contributed by atoms with Gasteiger partial charge in [0.15, 0.2) is 5.16 Å². The van der Waals surface area contributed by atoms with Crippen molar-refractivity contribution in [2.45, 2.75) is 24.9 Å². The van der Waals surface area contributed by atoms with Crippen LogP contribution in [0.25, 0.3) is 10.2 Å². The molecule has 0 aliphatic carbocycles. The lowest BCUT2D eigenvalue weighted by Gasteiger charge is -2.04. The quantitative estimate of drug-likeness (QED) is 0.485. The van der Waals surface area contributed by atoms with Gasteiger partial charge in [-0.25, -0.2) is 9.97 Å². The molecule has 0 aromatic carbocycles. The van der Waals surface area contributed by atoms with Gasteiger partial charge in [-0.15, -0.1) is 11.3 Å². The fourth-order valence-electron chi connectivity index (χ4n) is 1.51. The van der Waals surface area contributed by atoms with Crippen molar-refractivity contribution in [1.29, 1.82) is 0 Å². The van der Waals surface area contributed by atoms with E-state index in [0.29, 0.717) is 16.7 Å². The molecule has 2 heterocycles. The van der Waals surface area contributed by atoms with Gasteiger partial charge in [0.2, 0.25) is 5.91 Å². The summed E-state index contributed by atoms with van der Waals surface area (Å²) in [4.78, 5) is 21.0. The topological polar surface area (TPSA) is 80.9 Å². The van der Waals surface area contributed by atoms with Gasteiger partial charge < -0.3 is 11.1 Å². The highest BCUT2D eigenvalue weighted by atomic mass is 32.2. The molecule has 0 unspecified atom stereocenters. The van der Waals surface area contributed by atoms with Gasteiger partial charge in [0.05, 0.1) is 11.1 Å². The molecule has 1 amide bonds. The van der Waals surface area contributed by atoms with E-state index in [4.69, 9.17) is 5.73 Å². The number of amides is 1. The number of nitrogens with two attached hydrogens (primary N) is 1. The minimum atomic E-state index is 0.00639. The standard InChI is InChI=1S/C12H16N4OS2/c1-2-3-5-14-9(17)7-19-12-15-10(13)8-4-6-18-11(8)16-12/h4,6H,2-3,5,7H2,1H3,(H,14,17)(H2,13,15,16). The number of rotatable bonds is 6. The summed E-state index contributed by atoms with van der Waals surface area (Å²) in [7, 11) is 0. The summed E-state index contributed by atoms with van der Waals surface area (Å²) in [6.07, 6.45) is 2.07. The van der Waals surface area contributed by atoms with Gasteiger partial charge in [-0.3, -0.25) is 4.79 Å². The third kappa shape index (κ3) is 3.81. The molecule has 102 valence electrons. The van der Waals surface area contributed by atoms with E-state index in [1.807, 2.05) is 11.4 Å². The SMILES string of the molecule is CCCCNC(=O)CSc1nc(N)c2ccsc2n1. The van der Waals surface area contributed by atoms with E-state index in [1.165, 1.54) is 23.1 Å². The molecule has 0 saturated carbocycles. The predicted octanol–water partition coefficient (Wildman–Crippen LogP) is 2.28. The second-order valence-electron chi connectivity index (χ2n) is 4.02. The van der Waals surface area contributed by atoms with Crippen LogP contribution in [0.2, 0.25) is 0 Å². The highest BCUT2D eigenvalue weighted by Gasteiger charge is 2.08. The van der Waals surface area contributed by atoms with Crippen molar-refractivity contribution in [1.82, 2.24) is 15.3 Å². The number of carbonyl (C=O) groups excluding carboxylic acids is 1. The first kappa shape index (κ1) is 14.1. The molecule has 0 atom stereocenters. The van der Waals surface area contributed by atoms with Crippen LogP contribution in [0.3, 0.4) is 0 Å².